The molecule has 1 aliphatic carbocycles. The molecule has 0 radical (unpaired) electrons. The number of allylic oxidation sites excluding steroid dienone is 7. The van der Waals surface area contributed by atoms with Crippen molar-refractivity contribution in [2.24, 2.45) is 4.99 Å². The third-order valence-corrected chi connectivity index (χ3v) is 3.84. The summed E-state index contributed by atoms with van der Waals surface area (Å²) < 4.78 is 25.7. The van der Waals surface area contributed by atoms with E-state index in [1.807, 2.05) is 50.4 Å². The minimum absolute atomic E-state index is 0.109. The van der Waals surface area contributed by atoms with Gasteiger partial charge in [-0.25, -0.2) is 0 Å². The molecule has 0 fully saturated rings. The van der Waals surface area contributed by atoms with Crippen LogP contribution >= 0.6 is 9.24 Å². The van der Waals surface area contributed by atoms with Crippen LogP contribution in [0.25, 0.3) is 0 Å². The van der Waals surface area contributed by atoms with Crippen LogP contribution in [0.5, 0.6) is 0 Å². The Hall–Kier alpha value is -2.06. The van der Waals surface area contributed by atoms with Crippen molar-refractivity contribution < 1.29 is 8.78 Å². The molecule has 0 saturated heterocycles. The number of rotatable bonds is 4. The highest BCUT2D eigenvalue weighted by Crippen LogP contribution is 2.36. The molecule has 0 aliphatic heterocycles. The maximum atomic E-state index is 12.9. The Morgan fingerprint density at radius 2 is 2.00 bits per heavy atom. The quantitative estimate of drug-likeness (QED) is 0.388. The van der Waals surface area contributed by atoms with Crippen molar-refractivity contribution in [1.82, 2.24) is 5.32 Å². The molecular weight excluding hydrogens is 349 g/mol. The minimum Gasteiger partial charge on any atom is -0.351 e. The van der Waals surface area contributed by atoms with Crippen LogP contribution in [0.15, 0.2) is 83.1 Å². The number of amidine groups is 1. The van der Waals surface area contributed by atoms with Gasteiger partial charge in [0.2, 0.25) is 0 Å². The maximum absolute atomic E-state index is 12.9. The summed E-state index contributed by atoms with van der Waals surface area (Å²) in [4.78, 5) is 4.39. The summed E-state index contributed by atoms with van der Waals surface area (Å²) in [5.41, 5.74) is -0.831. The molecule has 0 bridgehead atoms. The highest BCUT2D eigenvalue weighted by Gasteiger charge is 2.28. The molecule has 0 heterocycles. The predicted octanol–water partition coefficient (Wildman–Crippen LogP) is 6.02. The minimum atomic E-state index is -2.80. The topological polar surface area (TPSA) is 24.4 Å². The lowest BCUT2D eigenvalue weighted by Gasteiger charge is -2.14. The molecule has 1 N–H and O–H groups in total. The Morgan fingerprint density at radius 3 is 2.62 bits per heavy atom. The largest absolute Gasteiger partial charge is 0.351 e. The second-order valence-corrected chi connectivity index (χ2v) is 6.51. The summed E-state index contributed by atoms with van der Waals surface area (Å²) in [6.45, 7) is 6.36. The van der Waals surface area contributed by atoms with Gasteiger partial charge in [0, 0.05) is 5.57 Å². The average molecular weight is 376 g/mol. The molecular formula is C21H27F2N2P. The molecule has 0 aromatic heterocycles. The molecule has 2 nitrogen and oxygen atoms in total. The SMILES string of the molecule is C/C=C\NC(C)=NCc1ccccc1.CC1=CC=CCC=C1C(F)(F)P. The summed E-state index contributed by atoms with van der Waals surface area (Å²) in [5.74, 6) is 0.937. The Balaban J connectivity index is 0.000000263. The first-order valence-electron chi connectivity index (χ1n) is 8.48. The summed E-state index contributed by atoms with van der Waals surface area (Å²) in [6.07, 6.45) is 11.3. The maximum Gasteiger partial charge on any atom is 0.283 e. The van der Waals surface area contributed by atoms with Crippen molar-refractivity contribution in [3.8, 4) is 0 Å². The summed E-state index contributed by atoms with van der Waals surface area (Å²) >= 11 is 0. The molecule has 1 unspecified atom stereocenters. The Labute approximate surface area is 157 Å². The van der Waals surface area contributed by atoms with E-state index in [9.17, 15) is 8.78 Å². The van der Waals surface area contributed by atoms with Crippen LogP contribution in [0.3, 0.4) is 0 Å². The van der Waals surface area contributed by atoms with Crippen LogP contribution in [0.4, 0.5) is 8.78 Å². The first kappa shape index (κ1) is 22.0. The van der Waals surface area contributed by atoms with Crippen molar-refractivity contribution in [1.29, 1.82) is 0 Å². The van der Waals surface area contributed by atoms with Gasteiger partial charge in [-0.05, 0) is 44.5 Å². The van der Waals surface area contributed by atoms with Gasteiger partial charge in [0.1, 0.15) is 0 Å². The molecule has 140 valence electrons. The van der Waals surface area contributed by atoms with E-state index in [-0.39, 0.29) is 5.57 Å². The smallest absolute Gasteiger partial charge is 0.283 e. The summed E-state index contributed by atoms with van der Waals surface area (Å²) in [7, 11) is 1.56. The highest BCUT2D eigenvalue weighted by atomic mass is 31.0. The van der Waals surface area contributed by atoms with Crippen LogP contribution < -0.4 is 5.32 Å². The summed E-state index contributed by atoms with van der Waals surface area (Å²) in [6, 6.07) is 10.2. The van der Waals surface area contributed by atoms with E-state index in [1.165, 1.54) is 5.56 Å². The summed E-state index contributed by atoms with van der Waals surface area (Å²) in [5, 5.41) is 3.07. The third-order valence-electron chi connectivity index (χ3n) is 3.52. The normalized spacial score (nSPS) is 14.9. The van der Waals surface area contributed by atoms with Crippen molar-refractivity contribution in [2.45, 2.75) is 39.4 Å². The van der Waals surface area contributed by atoms with Gasteiger partial charge in [0.15, 0.2) is 0 Å². The van der Waals surface area contributed by atoms with Crippen molar-refractivity contribution in [3.63, 3.8) is 0 Å². The van der Waals surface area contributed by atoms with E-state index in [4.69, 9.17) is 0 Å². The molecule has 0 spiro atoms. The fourth-order valence-electron chi connectivity index (χ4n) is 2.17. The van der Waals surface area contributed by atoms with E-state index in [2.05, 4.69) is 22.4 Å². The number of hydrogen-bond acceptors (Lipinski definition) is 1. The van der Waals surface area contributed by atoms with Gasteiger partial charge in [0.25, 0.3) is 5.66 Å². The number of hydrogen-bond donors (Lipinski definition) is 1. The lowest BCUT2D eigenvalue weighted by molar-refractivity contribution is 0.149. The first-order valence-corrected chi connectivity index (χ1v) is 9.06. The van der Waals surface area contributed by atoms with E-state index in [0.717, 1.165) is 12.4 Å². The van der Waals surface area contributed by atoms with Crippen LogP contribution in [0, 0.1) is 0 Å². The second-order valence-electron chi connectivity index (χ2n) is 5.79. The molecule has 1 aliphatic rings. The van der Waals surface area contributed by atoms with E-state index < -0.39 is 5.66 Å². The Bertz CT molecular complexity index is 696. The molecule has 5 heteroatoms. The van der Waals surface area contributed by atoms with Crippen molar-refractivity contribution in [2.75, 3.05) is 0 Å². The Kier molecular flexibility index (Phi) is 9.75. The lowest BCUT2D eigenvalue weighted by Crippen LogP contribution is -2.12. The lowest BCUT2D eigenvalue weighted by atomic mass is 10.1. The van der Waals surface area contributed by atoms with Gasteiger partial charge in [0.05, 0.1) is 12.4 Å². The highest BCUT2D eigenvalue weighted by molar-refractivity contribution is 7.18. The molecule has 0 saturated carbocycles. The zero-order valence-corrected chi connectivity index (χ0v) is 16.7. The van der Waals surface area contributed by atoms with Crippen LogP contribution in [-0.4, -0.2) is 11.5 Å². The van der Waals surface area contributed by atoms with Gasteiger partial charge in [-0.2, -0.15) is 8.78 Å². The standard InChI is InChI=1S/C12H16N2.C9H11F2P/c1-3-9-13-11(2)14-10-12-7-5-4-6-8-12;1-7-5-3-2-4-6-8(7)9(10,11)12/h3-9H,10H2,1-2H3,(H,13,14);2-3,5-6H,4,12H2,1H3/b9-3-;. The number of halogens is 2. The number of alkyl halides is 2. The molecule has 0 amide bonds. The molecule has 1 atom stereocenters. The monoisotopic (exact) mass is 376 g/mol. The Morgan fingerprint density at radius 1 is 1.31 bits per heavy atom. The second kappa shape index (κ2) is 11.5. The number of nitrogens with one attached hydrogen (secondary N) is 1. The van der Waals surface area contributed by atoms with Crippen LogP contribution in [-0.2, 0) is 6.54 Å². The van der Waals surface area contributed by atoms with E-state index in [1.54, 1.807) is 34.4 Å². The van der Waals surface area contributed by atoms with E-state index in [0.29, 0.717) is 12.0 Å². The predicted molar refractivity (Wildman–Crippen MR) is 111 cm³/mol. The molecule has 26 heavy (non-hydrogen) atoms. The van der Waals surface area contributed by atoms with Gasteiger partial charge in [-0.15, -0.1) is 0 Å². The van der Waals surface area contributed by atoms with Gasteiger partial charge in [-0.1, -0.05) is 70.0 Å². The molecule has 2 rings (SSSR count). The number of benzene rings is 1. The first-order chi connectivity index (χ1) is 12.3. The third kappa shape index (κ3) is 8.87. The molecule has 1 aromatic carbocycles. The van der Waals surface area contributed by atoms with Gasteiger partial charge in [-0.3, -0.25) is 4.99 Å². The fraction of sp³-hybridized carbons (Fsp3) is 0.286. The van der Waals surface area contributed by atoms with Gasteiger partial charge >= 0.3 is 0 Å². The van der Waals surface area contributed by atoms with Crippen molar-refractivity contribution in [3.05, 3.63) is 83.6 Å². The number of aliphatic imine (C=N–C) groups is 1. The zero-order valence-electron chi connectivity index (χ0n) is 15.5. The average Bonchev–Trinajstić information content (AvgIpc) is 2.84. The van der Waals surface area contributed by atoms with E-state index >= 15 is 0 Å². The van der Waals surface area contributed by atoms with Crippen molar-refractivity contribution >= 4 is 15.1 Å². The molecule has 1 aromatic rings. The number of nitrogens with zero attached hydrogens (tertiary/aromatic N) is 1. The van der Waals surface area contributed by atoms with Crippen LogP contribution in [0.1, 0.15) is 32.8 Å². The zero-order chi connectivity index (χ0) is 19.4. The van der Waals surface area contributed by atoms with Crippen LogP contribution in [0.2, 0.25) is 0 Å². The van der Waals surface area contributed by atoms with Gasteiger partial charge < -0.3 is 5.32 Å². The fourth-order valence-corrected chi connectivity index (χ4v) is 2.51.